The third kappa shape index (κ3) is 3.78. The molecule has 0 aliphatic carbocycles. The van der Waals surface area contributed by atoms with Gasteiger partial charge in [-0.05, 0) is 30.0 Å². The Morgan fingerprint density at radius 1 is 1.15 bits per heavy atom. The second kappa shape index (κ2) is 8.63. The predicted octanol–water partition coefficient (Wildman–Crippen LogP) is 2.92. The number of para-hydroxylation sites is 1. The van der Waals surface area contributed by atoms with Gasteiger partial charge in [0.15, 0.2) is 5.82 Å². The van der Waals surface area contributed by atoms with Crippen LogP contribution in [0.2, 0.25) is 0 Å². The van der Waals surface area contributed by atoms with Gasteiger partial charge in [-0.15, -0.1) is 5.10 Å². The maximum absolute atomic E-state index is 9.63. The van der Waals surface area contributed by atoms with Crippen LogP contribution in [0.3, 0.4) is 0 Å². The number of nitrogens with zero attached hydrogens (tertiary/aromatic N) is 4. The van der Waals surface area contributed by atoms with Gasteiger partial charge in [0.2, 0.25) is 0 Å². The molecule has 2 aromatic rings. The number of hydrogen-bond donors (Lipinski definition) is 1. The molecule has 0 bridgehead atoms. The number of nitrogens with one attached hydrogen (secondary N) is 1. The lowest BCUT2D eigenvalue weighted by molar-refractivity contribution is 0.122. The molecule has 136 valence electrons. The highest BCUT2D eigenvalue weighted by molar-refractivity contribution is 5.59. The van der Waals surface area contributed by atoms with Gasteiger partial charge in [0.05, 0.1) is 18.9 Å². The minimum absolute atomic E-state index is 0.568. The Balaban J connectivity index is 1.83. The zero-order valence-electron chi connectivity index (χ0n) is 15.5. The largest absolute Gasteiger partial charge is 0.378 e. The van der Waals surface area contributed by atoms with Gasteiger partial charge in [0, 0.05) is 25.3 Å². The molecule has 1 saturated heterocycles. The van der Waals surface area contributed by atoms with E-state index in [1.54, 1.807) is 0 Å². The number of aromatic nitrogens is 2. The number of benzene rings is 1. The zero-order valence-corrected chi connectivity index (χ0v) is 15.5. The van der Waals surface area contributed by atoms with E-state index >= 15 is 0 Å². The van der Waals surface area contributed by atoms with Gasteiger partial charge in [0.25, 0.3) is 0 Å². The summed E-state index contributed by atoms with van der Waals surface area (Å²) in [4.78, 5) is 2.34. The molecule has 0 amide bonds. The normalized spacial score (nSPS) is 14.1. The van der Waals surface area contributed by atoms with Crippen LogP contribution in [0.5, 0.6) is 0 Å². The molecule has 6 heteroatoms. The Morgan fingerprint density at radius 3 is 2.62 bits per heavy atom. The second-order valence-electron chi connectivity index (χ2n) is 6.25. The van der Waals surface area contributed by atoms with Crippen molar-refractivity contribution < 1.29 is 4.74 Å². The summed E-state index contributed by atoms with van der Waals surface area (Å²) in [6.45, 7) is 7.99. The minimum Gasteiger partial charge on any atom is -0.378 e. The van der Waals surface area contributed by atoms with E-state index in [1.807, 2.05) is 13.0 Å². The third-order valence-corrected chi connectivity index (χ3v) is 4.75. The van der Waals surface area contributed by atoms with E-state index in [1.165, 1.54) is 11.3 Å². The summed E-state index contributed by atoms with van der Waals surface area (Å²) in [7, 11) is 0. The Hall–Kier alpha value is -2.65. The first kappa shape index (κ1) is 18.2. The molecule has 1 aliphatic rings. The van der Waals surface area contributed by atoms with Crippen molar-refractivity contribution in [3.63, 3.8) is 0 Å². The molecule has 1 N–H and O–H groups in total. The molecule has 0 atom stereocenters. The lowest BCUT2D eigenvalue weighted by atomic mass is 10.0. The topological polar surface area (TPSA) is 74.1 Å². The molecule has 0 spiro atoms. The van der Waals surface area contributed by atoms with Gasteiger partial charge in [-0.2, -0.15) is 10.4 Å². The first-order valence-electron chi connectivity index (χ1n) is 9.21. The molecule has 1 aromatic carbocycles. The van der Waals surface area contributed by atoms with E-state index in [2.05, 4.69) is 51.6 Å². The molecule has 0 unspecified atom stereocenters. The van der Waals surface area contributed by atoms with Crippen molar-refractivity contribution in [1.82, 2.24) is 10.2 Å². The van der Waals surface area contributed by atoms with Crippen molar-refractivity contribution in [2.45, 2.75) is 33.2 Å². The number of rotatable bonds is 6. The molecule has 26 heavy (non-hydrogen) atoms. The average molecular weight is 351 g/mol. The minimum atomic E-state index is 0.568. The average Bonchev–Trinajstić information content (AvgIpc) is 2.72. The van der Waals surface area contributed by atoms with Crippen LogP contribution < -0.4 is 10.2 Å². The molecule has 1 aromatic heterocycles. The number of anilines is 2. The highest BCUT2D eigenvalue weighted by atomic mass is 16.5. The molecular weight excluding hydrogens is 326 g/mol. The van der Waals surface area contributed by atoms with Crippen LogP contribution in [0.1, 0.15) is 36.2 Å². The van der Waals surface area contributed by atoms with Crippen LogP contribution in [0.25, 0.3) is 0 Å². The summed E-state index contributed by atoms with van der Waals surface area (Å²) in [5.74, 6) is 0.568. The lowest BCUT2D eigenvalue weighted by Crippen LogP contribution is -2.36. The fourth-order valence-corrected chi connectivity index (χ4v) is 3.37. The first-order valence-corrected chi connectivity index (χ1v) is 9.21. The van der Waals surface area contributed by atoms with Crippen molar-refractivity contribution in [2.24, 2.45) is 0 Å². The van der Waals surface area contributed by atoms with Gasteiger partial charge in [0.1, 0.15) is 11.6 Å². The standard InChI is InChI=1S/C20H25N5O/c1-3-16-17(13-21)20(24-23-18(16)4-2)22-14-15-7-5-6-8-19(15)25-9-11-26-12-10-25/h5-8H,3-4,9-12,14H2,1-2H3,(H,22,24). The highest BCUT2D eigenvalue weighted by Gasteiger charge is 2.17. The Labute approximate surface area is 154 Å². The highest BCUT2D eigenvalue weighted by Crippen LogP contribution is 2.24. The first-order chi connectivity index (χ1) is 12.8. The zero-order chi connectivity index (χ0) is 18.4. The van der Waals surface area contributed by atoms with Gasteiger partial charge >= 0.3 is 0 Å². The molecule has 6 nitrogen and oxygen atoms in total. The van der Waals surface area contributed by atoms with Crippen molar-refractivity contribution in [3.8, 4) is 6.07 Å². The van der Waals surface area contributed by atoms with Gasteiger partial charge < -0.3 is 15.0 Å². The van der Waals surface area contributed by atoms with E-state index in [0.29, 0.717) is 17.9 Å². The van der Waals surface area contributed by atoms with Crippen LogP contribution in [0.15, 0.2) is 24.3 Å². The summed E-state index contributed by atoms with van der Waals surface area (Å²) in [6.07, 6.45) is 1.56. The molecule has 2 heterocycles. The molecule has 0 radical (unpaired) electrons. The van der Waals surface area contributed by atoms with Crippen LogP contribution in [0.4, 0.5) is 11.5 Å². The quantitative estimate of drug-likeness (QED) is 0.862. The van der Waals surface area contributed by atoms with Gasteiger partial charge in [-0.1, -0.05) is 32.0 Å². The summed E-state index contributed by atoms with van der Waals surface area (Å²) in [6, 6.07) is 10.7. The molecule has 0 saturated carbocycles. The van der Waals surface area contributed by atoms with E-state index < -0.39 is 0 Å². The Bertz CT molecular complexity index is 793. The number of morpholine rings is 1. The third-order valence-electron chi connectivity index (χ3n) is 4.75. The van der Waals surface area contributed by atoms with E-state index in [4.69, 9.17) is 4.74 Å². The maximum atomic E-state index is 9.63. The van der Waals surface area contributed by atoms with Crippen LogP contribution in [-0.4, -0.2) is 36.5 Å². The molecule has 1 fully saturated rings. The van der Waals surface area contributed by atoms with Crippen molar-refractivity contribution in [3.05, 3.63) is 46.6 Å². The van der Waals surface area contributed by atoms with Crippen LogP contribution >= 0.6 is 0 Å². The smallest absolute Gasteiger partial charge is 0.167 e. The monoisotopic (exact) mass is 351 g/mol. The van der Waals surface area contributed by atoms with Crippen molar-refractivity contribution >= 4 is 11.5 Å². The number of ether oxygens (including phenoxy) is 1. The summed E-state index contributed by atoms with van der Waals surface area (Å²) in [5, 5.41) is 21.5. The van der Waals surface area contributed by atoms with Crippen LogP contribution in [-0.2, 0) is 24.1 Å². The van der Waals surface area contributed by atoms with Crippen molar-refractivity contribution in [2.75, 3.05) is 36.5 Å². The molecule has 3 rings (SSSR count). The predicted molar refractivity (Wildman–Crippen MR) is 102 cm³/mol. The van der Waals surface area contributed by atoms with Crippen LogP contribution in [0, 0.1) is 11.3 Å². The Kier molecular flexibility index (Phi) is 6.03. The number of hydrogen-bond acceptors (Lipinski definition) is 6. The van der Waals surface area contributed by atoms with E-state index in [9.17, 15) is 5.26 Å². The fourth-order valence-electron chi connectivity index (χ4n) is 3.37. The fraction of sp³-hybridized carbons (Fsp3) is 0.450. The summed E-state index contributed by atoms with van der Waals surface area (Å²) < 4.78 is 5.46. The van der Waals surface area contributed by atoms with E-state index in [-0.39, 0.29) is 0 Å². The lowest BCUT2D eigenvalue weighted by Gasteiger charge is -2.30. The second-order valence-corrected chi connectivity index (χ2v) is 6.25. The van der Waals surface area contributed by atoms with Crippen molar-refractivity contribution in [1.29, 1.82) is 5.26 Å². The maximum Gasteiger partial charge on any atom is 0.167 e. The number of nitriles is 1. The number of aryl methyl sites for hydroxylation is 1. The van der Waals surface area contributed by atoms with E-state index in [0.717, 1.165) is 50.4 Å². The summed E-state index contributed by atoms with van der Waals surface area (Å²) >= 11 is 0. The SMILES string of the molecule is CCc1nnc(NCc2ccccc2N2CCOCC2)c(C#N)c1CC. The molecule has 1 aliphatic heterocycles. The van der Waals surface area contributed by atoms with Gasteiger partial charge in [-0.3, -0.25) is 0 Å². The van der Waals surface area contributed by atoms with Gasteiger partial charge in [-0.25, -0.2) is 0 Å². The Morgan fingerprint density at radius 2 is 1.92 bits per heavy atom. The molecular formula is C20H25N5O. The summed E-state index contributed by atoms with van der Waals surface area (Å²) in [5.41, 5.74) is 4.90.